The zero-order chi connectivity index (χ0) is 8.91. The van der Waals surface area contributed by atoms with Gasteiger partial charge in [-0.15, -0.1) is 0 Å². The molecule has 0 N–H and O–H groups in total. The number of hydrogen-bond acceptors (Lipinski definition) is 0. The van der Waals surface area contributed by atoms with Crippen molar-refractivity contribution in [1.29, 1.82) is 0 Å². The van der Waals surface area contributed by atoms with E-state index in [1.807, 2.05) is 0 Å². The molecule has 0 aromatic carbocycles. The molecule has 0 rings (SSSR count). The van der Waals surface area contributed by atoms with Crippen molar-refractivity contribution < 1.29 is 19.4 Å². The van der Waals surface area contributed by atoms with E-state index in [-0.39, 0.29) is 0 Å². The van der Waals surface area contributed by atoms with Gasteiger partial charge in [-0.25, -0.2) is 0 Å². The average molecular weight is 184 g/mol. The van der Waals surface area contributed by atoms with Crippen LogP contribution in [-0.4, -0.2) is 4.75 Å². The SMILES string of the molecule is CC(C)(C)S(F)(F)(F)(F)F. The van der Waals surface area contributed by atoms with Gasteiger partial charge in [0.2, 0.25) is 0 Å². The van der Waals surface area contributed by atoms with Crippen molar-refractivity contribution in [3.8, 4) is 0 Å². The maximum Gasteiger partial charge on any atom is 0.289 e. The van der Waals surface area contributed by atoms with E-state index in [1.54, 1.807) is 0 Å². The van der Waals surface area contributed by atoms with Crippen molar-refractivity contribution in [3.05, 3.63) is 0 Å². The lowest BCUT2D eigenvalue weighted by Gasteiger charge is -2.50. The fourth-order valence-corrected chi connectivity index (χ4v) is 0. The van der Waals surface area contributed by atoms with E-state index in [9.17, 15) is 19.4 Å². The molecule has 0 aliphatic rings. The predicted molar refractivity (Wildman–Crippen MR) is 32.9 cm³/mol. The Morgan fingerprint density at radius 2 is 0.900 bits per heavy atom. The van der Waals surface area contributed by atoms with Gasteiger partial charge in [-0.1, -0.05) is 19.4 Å². The number of halogens is 5. The zero-order valence-electron chi connectivity index (χ0n) is 5.80. The summed E-state index contributed by atoms with van der Waals surface area (Å²) in [4.78, 5) is 0. The molecule has 0 aromatic rings. The predicted octanol–water partition coefficient (Wildman–Crippen LogP) is 4.08. The molecule has 0 amide bonds. The average Bonchev–Trinajstić information content (AvgIpc) is 1.16. The summed E-state index contributed by atoms with van der Waals surface area (Å²) in [5, 5.41) is 0. The first-order valence-electron chi connectivity index (χ1n) is 2.48. The highest BCUT2D eigenvalue weighted by atomic mass is 32.5. The first-order chi connectivity index (χ1) is 3.75. The molecule has 0 atom stereocenters. The van der Waals surface area contributed by atoms with E-state index < -0.39 is 15.0 Å². The Bertz CT molecular complexity index is 144. The smallest absolute Gasteiger partial charge is 0.0973 e. The standard InChI is InChI=1S/C4H9F5S/c1-4(2,3)10(5,6,7,8)9/h1-3H3. The van der Waals surface area contributed by atoms with Gasteiger partial charge in [-0.3, -0.25) is 0 Å². The summed E-state index contributed by atoms with van der Waals surface area (Å²) in [5.41, 5.74) is 0. The van der Waals surface area contributed by atoms with E-state index >= 15 is 0 Å². The maximum absolute atomic E-state index is 11.7. The molecule has 0 unspecified atom stereocenters. The summed E-state index contributed by atoms with van der Waals surface area (Å²) in [7, 11) is -9.25. The first-order valence-corrected chi connectivity index (χ1v) is 4.43. The molecule has 66 valence electrons. The maximum atomic E-state index is 11.7. The topological polar surface area (TPSA) is 0 Å². The summed E-state index contributed by atoms with van der Waals surface area (Å²) in [6.45, 7) is 1.40. The highest BCUT2D eigenvalue weighted by Crippen LogP contribution is 3.03. The van der Waals surface area contributed by atoms with Gasteiger partial charge in [-0.2, -0.15) is 0 Å². The zero-order valence-corrected chi connectivity index (χ0v) is 6.61. The van der Waals surface area contributed by atoms with Crippen molar-refractivity contribution in [1.82, 2.24) is 0 Å². The van der Waals surface area contributed by atoms with Gasteiger partial charge in [0.1, 0.15) is 4.75 Å². The van der Waals surface area contributed by atoms with Crippen LogP contribution in [0.25, 0.3) is 0 Å². The molecular weight excluding hydrogens is 175 g/mol. The number of rotatable bonds is 0. The Labute approximate surface area is 56.1 Å². The van der Waals surface area contributed by atoms with Crippen LogP contribution in [-0.2, 0) is 0 Å². The molecule has 0 aliphatic carbocycles. The molecule has 0 bridgehead atoms. The third-order valence-corrected chi connectivity index (χ3v) is 3.47. The third-order valence-electron chi connectivity index (χ3n) is 1.16. The molecule has 0 aliphatic heterocycles. The molecule has 6 heteroatoms. The van der Waals surface area contributed by atoms with Crippen LogP contribution in [0.3, 0.4) is 0 Å². The largest absolute Gasteiger partial charge is 0.289 e. The van der Waals surface area contributed by atoms with Crippen LogP contribution < -0.4 is 0 Å². The van der Waals surface area contributed by atoms with Gasteiger partial charge in [0.25, 0.3) is 10.2 Å². The van der Waals surface area contributed by atoms with Crippen molar-refractivity contribution >= 4 is 10.2 Å². The van der Waals surface area contributed by atoms with Crippen LogP contribution in [0.2, 0.25) is 0 Å². The van der Waals surface area contributed by atoms with E-state index in [2.05, 4.69) is 0 Å². The van der Waals surface area contributed by atoms with Crippen LogP contribution in [0.1, 0.15) is 20.8 Å². The number of hydrogen-bond donors (Lipinski definition) is 0. The van der Waals surface area contributed by atoms with Gasteiger partial charge in [-0.05, 0) is 20.8 Å². The lowest BCUT2D eigenvalue weighted by Crippen LogP contribution is -2.31. The Morgan fingerprint density at radius 3 is 0.900 bits per heavy atom. The van der Waals surface area contributed by atoms with E-state index in [1.165, 1.54) is 0 Å². The molecule has 0 heterocycles. The van der Waals surface area contributed by atoms with Crippen molar-refractivity contribution in [2.75, 3.05) is 0 Å². The summed E-state index contributed by atoms with van der Waals surface area (Å²) in [6.07, 6.45) is 0. The van der Waals surface area contributed by atoms with Gasteiger partial charge in [0, 0.05) is 0 Å². The summed E-state index contributed by atoms with van der Waals surface area (Å²) >= 11 is 0. The normalized spacial score (nSPS) is 21.6. The minimum atomic E-state index is -9.25. The highest BCUT2D eigenvalue weighted by molar-refractivity contribution is 8.46. The Hall–Kier alpha value is -0.0000000000000000555. The quantitative estimate of drug-likeness (QED) is 0.497. The molecule has 0 aromatic heterocycles. The van der Waals surface area contributed by atoms with Crippen LogP contribution in [0.4, 0.5) is 19.4 Å². The van der Waals surface area contributed by atoms with Crippen LogP contribution >= 0.6 is 10.2 Å². The monoisotopic (exact) mass is 184 g/mol. The lowest BCUT2D eigenvalue weighted by molar-refractivity contribution is 0.319. The summed E-state index contributed by atoms with van der Waals surface area (Å²) in [6, 6.07) is 0. The second kappa shape index (κ2) is 1.31. The second-order valence-electron chi connectivity index (χ2n) is 3.08. The fourth-order valence-electron chi connectivity index (χ4n) is 0. The Morgan fingerprint density at radius 1 is 0.800 bits per heavy atom. The van der Waals surface area contributed by atoms with Gasteiger partial charge in [0.05, 0.1) is 0 Å². The Kier molecular flexibility index (Phi) is 1.31. The fraction of sp³-hybridized carbons (Fsp3) is 1.00. The molecule has 10 heavy (non-hydrogen) atoms. The molecule has 0 fully saturated rings. The Balaban J connectivity index is 5.14. The minimum Gasteiger partial charge on any atom is -0.0973 e. The van der Waals surface area contributed by atoms with Crippen molar-refractivity contribution in [2.45, 2.75) is 25.5 Å². The van der Waals surface area contributed by atoms with Gasteiger partial charge < -0.3 is 0 Å². The molecule has 0 saturated heterocycles. The molecule has 0 radical (unpaired) electrons. The second-order valence-corrected chi connectivity index (χ2v) is 6.24. The highest BCUT2D eigenvalue weighted by Gasteiger charge is 2.72. The first kappa shape index (κ1) is 10.0. The van der Waals surface area contributed by atoms with E-state index in [0.29, 0.717) is 20.8 Å². The van der Waals surface area contributed by atoms with Crippen LogP contribution in [0.15, 0.2) is 0 Å². The molecule has 0 spiro atoms. The molecule has 0 saturated carbocycles. The van der Waals surface area contributed by atoms with Crippen molar-refractivity contribution in [2.24, 2.45) is 0 Å². The third kappa shape index (κ3) is 1.74. The lowest BCUT2D eigenvalue weighted by atomic mass is 10.3. The summed E-state index contributed by atoms with van der Waals surface area (Å²) < 4.78 is 55.7. The minimum absolute atomic E-state index is 0.467. The van der Waals surface area contributed by atoms with Crippen LogP contribution in [0.5, 0.6) is 0 Å². The van der Waals surface area contributed by atoms with E-state index in [0.717, 1.165) is 0 Å². The molecule has 0 nitrogen and oxygen atoms in total. The van der Waals surface area contributed by atoms with Gasteiger partial charge in [0.15, 0.2) is 0 Å². The van der Waals surface area contributed by atoms with Crippen LogP contribution in [0, 0.1) is 0 Å². The van der Waals surface area contributed by atoms with Gasteiger partial charge >= 0.3 is 0 Å². The van der Waals surface area contributed by atoms with Crippen molar-refractivity contribution in [3.63, 3.8) is 0 Å². The molecular formula is C4H9F5S. The summed E-state index contributed by atoms with van der Waals surface area (Å²) in [5.74, 6) is 0. The van der Waals surface area contributed by atoms with E-state index in [4.69, 9.17) is 0 Å².